The van der Waals surface area contributed by atoms with Gasteiger partial charge in [-0.15, -0.1) is 0 Å². The first-order valence-electron chi connectivity index (χ1n) is 7.76. The van der Waals surface area contributed by atoms with E-state index in [1.165, 1.54) is 0 Å². The smallest absolute Gasteiger partial charge is 0.871 e. The Bertz CT molecular complexity index is 1160. The van der Waals surface area contributed by atoms with Crippen LogP contribution in [0.5, 0.6) is 11.5 Å². The molecule has 0 spiro atoms. The maximum atomic E-state index is 11.9. The Labute approximate surface area is 238 Å². The van der Waals surface area contributed by atoms with Crippen molar-refractivity contribution in [3.8, 4) is 11.5 Å². The molecule has 162 valence electrons. The minimum Gasteiger partial charge on any atom is -0.871 e. The van der Waals surface area contributed by atoms with Crippen LogP contribution in [0.4, 0.5) is 0 Å². The van der Waals surface area contributed by atoms with Crippen molar-refractivity contribution in [2.45, 2.75) is 9.79 Å². The molecule has 0 aromatic heterocycles. The molecule has 2 N–H and O–H groups in total. The number of nitrogens with zero attached hydrogens (tertiary/aromatic N) is 2. The maximum absolute atomic E-state index is 11.9. The predicted molar refractivity (Wildman–Crippen MR) is 106 cm³/mol. The van der Waals surface area contributed by atoms with Gasteiger partial charge in [0.05, 0.1) is 22.9 Å². The monoisotopic (exact) mass is 540 g/mol. The summed E-state index contributed by atoms with van der Waals surface area (Å²) in [6.45, 7) is 0.00709. The third kappa shape index (κ3) is 8.85. The second-order valence-corrected chi connectivity index (χ2v) is 9.33. The minimum atomic E-state index is -4.57. The van der Waals surface area contributed by atoms with Crippen molar-refractivity contribution in [3.05, 3.63) is 45.4 Å². The zero-order valence-electron chi connectivity index (χ0n) is 16.7. The molecule has 0 atom stereocenters. The average molecular weight is 541 g/mol. The van der Waals surface area contributed by atoms with Crippen molar-refractivity contribution in [2.75, 3.05) is 13.1 Å². The number of aliphatic imine (C=N–C) groups is 2. The molecule has 2 aromatic rings. The molecule has 16 heteroatoms. The molecule has 0 aliphatic carbocycles. The van der Waals surface area contributed by atoms with Crippen LogP contribution in [0.25, 0.3) is 0 Å². The Morgan fingerprint density at radius 2 is 1.06 bits per heavy atom. The summed E-state index contributed by atoms with van der Waals surface area (Å²) in [6.07, 6.45) is 2.10. The normalized spacial score (nSPS) is 12.0. The van der Waals surface area contributed by atoms with E-state index in [0.29, 0.717) is 0 Å². The summed E-state index contributed by atoms with van der Waals surface area (Å²) in [5.41, 5.74) is -0.345. The van der Waals surface area contributed by atoms with Gasteiger partial charge in [-0.2, -0.15) is 16.8 Å². The number of rotatable bonds is 7. The number of halogens is 2. The van der Waals surface area contributed by atoms with Crippen molar-refractivity contribution < 1.29 is 95.3 Å². The van der Waals surface area contributed by atoms with Crippen molar-refractivity contribution in [2.24, 2.45) is 9.98 Å². The molecule has 0 fully saturated rings. The van der Waals surface area contributed by atoms with E-state index >= 15 is 0 Å². The van der Waals surface area contributed by atoms with Crippen LogP contribution >= 0.6 is 23.2 Å². The molecule has 0 saturated carbocycles. The fraction of sp³-hybridized carbons (Fsp3) is 0.125. The van der Waals surface area contributed by atoms with Gasteiger partial charge in [0.2, 0.25) is 0 Å². The molecular formula is C16H12Cl2N2Na2O8S2. The van der Waals surface area contributed by atoms with Gasteiger partial charge in [-0.25, -0.2) is 0 Å². The van der Waals surface area contributed by atoms with Gasteiger partial charge in [0.1, 0.15) is 0 Å². The number of benzene rings is 2. The first-order valence-corrected chi connectivity index (χ1v) is 11.4. The van der Waals surface area contributed by atoms with Crippen LogP contribution in [0.15, 0.2) is 44.0 Å². The Morgan fingerprint density at radius 1 is 0.750 bits per heavy atom. The van der Waals surface area contributed by atoms with E-state index in [2.05, 4.69) is 9.98 Å². The summed E-state index contributed by atoms with van der Waals surface area (Å²) in [5.74, 6) is -1.38. The zero-order chi connectivity index (χ0) is 22.7. The van der Waals surface area contributed by atoms with Crippen LogP contribution < -0.4 is 69.3 Å². The molecule has 0 unspecified atom stereocenters. The molecule has 0 amide bonds. The molecular weight excluding hydrogens is 529 g/mol. The first-order chi connectivity index (χ1) is 13.8. The fourth-order valence-electron chi connectivity index (χ4n) is 2.11. The van der Waals surface area contributed by atoms with E-state index in [4.69, 9.17) is 32.3 Å². The molecule has 0 saturated heterocycles. The van der Waals surface area contributed by atoms with Gasteiger partial charge in [-0.05, 0) is 35.4 Å². The second-order valence-electron chi connectivity index (χ2n) is 5.67. The van der Waals surface area contributed by atoms with Crippen LogP contribution in [0.2, 0.25) is 10.0 Å². The Balaban J connectivity index is 0.00000480. The average Bonchev–Trinajstić information content (AvgIpc) is 2.62. The van der Waals surface area contributed by atoms with Gasteiger partial charge in [-0.3, -0.25) is 19.1 Å². The molecule has 0 bridgehead atoms. The number of hydrogen-bond acceptors (Lipinski definition) is 8. The van der Waals surface area contributed by atoms with E-state index < -0.39 is 51.6 Å². The summed E-state index contributed by atoms with van der Waals surface area (Å²) < 4.78 is 62.8. The van der Waals surface area contributed by atoms with Crippen LogP contribution in [0.1, 0.15) is 11.1 Å². The topological polar surface area (TPSA) is 180 Å². The first kappa shape index (κ1) is 31.8. The van der Waals surface area contributed by atoms with E-state index in [9.17, 15) is 27.0 Å². The third-order valence-electron chi connectivity index (χ3n) is 3.51. The maximum Gasteiger partial charge on any atom is 1.00 e. The number of hydrogen-bond donors (Lipinski definition) is 2. The van der Waals surface area contributed by atoms with Crippen molar-refractivity contribution in [3.63, 3.8) is 0 Å². The molecule has 0 heterocycles. The molecule has 2 rings (SSSR count). The van der Waals surface area contributed by atoms with Crippen LogP contribution in [0, 0.1) is 0 Å². The Kier molecular flexibility index (Phi) is 12.9. The summed E-state index contributed by atoms with van der Waals surface area (Å²) in [6, 6.07) is 3.44. The molecule has 32 heavy (non-hydrogen) atoms. The van der Waals surface area contributed by atoms with Gasteiger partial charge in [0.15, 0.2) is 0 Å². The minimum absolute atomic E-state index is 0. The van der Waals surface area contributed by atoms with Crippen LogP contribution in [-0.4, -0.2) is 51.5 Å². The Hall–Kier alpha value is -0.220. The molecule has 10 nitrogen and oxygen atoms in total. The van der Waals surface area contributed by atoms with Gasteiger partial charge in [-0.1, -0.05) is 34.7 Å². The summed E-state index contributed by atoms with van der Waals surface area (Å²) in [7, 11) is -9.13. The third-order valence-corrected chi connectivity index (χ3v) is 5.73. The zero-order valence-corrected chi connectivity index (χ0v) is 23.8. The van der Waals surface area contributed by atoms with Gasteiger partial charge in [0.25, 0.3) is 20.2 Å². The van der Waals surface area contributed by atoms with Crippen molar-refractivity contribution >= 4 is 55.9 Å². The van der Waals surface area contributed by atoms with Gasteiger partial charge < -0.3 is 10.2 Å². The summed E-state index contributed by atoms with van der Waals surface area (Å²) in [5, 5.41) is 23.0. The Morgan fingerprint density at radius 3 is 1.34 bits per heavy atom. The second kappa shape index (κ2) is 13.0. The molecule has 2 aromatic carbocycles. The van der Waals surface area contributed by atoms with Crippen LogP contribution in [-0.2, 0) is 20.2 Å². The van der Waals surface area contributed by atoms with Crippen molar-refractivity contribution in [1.29, 1.82) is 0 Å². The SMILES string of the molecule is O=S(=O)(O)c1cc(Cl)c([O-])c(C=NCCN=Cc2cc(S(=O)(=O)O)cc(Cl)c2[O-])c1.[Na+].[Na+]. The predicted octanol–water partition coefficient (Wildman–Crippen LogP) is -4.82. The molecule has 0 radical (unpaired) electrons. The molecule has 0 aliphatic heterocycles. The van der Waals surface area contributed by atoms with E-state index in [0.717, 1.165) is 36.7 Å². The van der Waals surface area contributed by atoms with E-state index in [1.807, 2.05) is 0 Å². The summed E-state index contributed by atoms with van der Waals surface area (Å²) >= 11 is 11.3. The van der Waals surface area contributed by atoms with Crippen molar-refractivity contribution in [1.82, 2.24) is 0 Å². The van der Waals surface area contributed by atoms with Gasteiger partial charge >= 0.3 is 59.1 Å². The van der Waals surface area contributed by atoms with E-state index in [-0.39, 0.29) is 83.3 Å². The largest absolute Gasteiger partial charge is 1.00 e. The standard InChI is InChI=1S/C16H14Cl2N2O8S2.2Na/c17-13-5-11(29(23,24)25)3-9(15(13)21)7-19-1-2-20-8-10-4-12(30(26,27)28)6-14(18)16(10)22;;/h3-8,21-22H,1-2H2,(H,23,24,25)(H,26,27,28);;/q;2*+1/p-2. The quantitative estimate of drug-likeness (QED) is 0.152. The summed E-state index contributed by atoms with van der Waals surface area (Å²) in [4.78, 5) is 6.63. The molecule has 0 aliphatic rings. The van der Waals surface area contributed by atoms with Crippen LogP contribution in [0.3, 0.4) is 0 Å². The van der Waals surface area contributed by atoms with Gasteiger partial charge in [0, 0.05) is 22.5 Å². The fourth-order valence-corrected chi connectivity index (χ4v) is 3.78. The van der Waals surface area contributed by atoms with E-state index in [1.54, 1.807) is 0 Å².